The Balaban J connectivity index is 2.08. The second-order valence-electron chi connectivity index (χ2n) is 6.44. The number of nitrogens with zero attached hydrogens (tertiary/aromatic N) is 1. The fourth-order valence-electron chi connectivity index (χ4n) is 3.23. The van der Waals surface area contributed by atoms with Gasteiger partial charge in [0, 0.05) is 25.7 Å². The molecule has 1 N–H and O–H groups in total. The van der Waals surface area contributed by atoms with E-state index in [0.29, 0.717) is 6.04 Å². The fraction of sp³-hybridized carbons (Fsp3) is 0.647. The largest absolute Gasteiger partial charge is 0.312 e. The average molecular weight is 260 g/mol. The maximum atomic E-state index is 3.49. The molecule has 0 aliphatic carbocycles. The molecule has 0 aromatic heterocycles. The van der Waals surface area contributed by atoms with E-state index >= 15 is 0 Å². The maximum absolute atomic E-state index is 3.49. The highest BCUT2D eigenvalue weighted by molar-refractivity contribution is 5.30. The van der Waals surface area contributed by atoms with Gasteiger partial charge in [-0.2, -0.15) is 0 Å². The highest BCUT2D eigenvalue weighted by Crippen LogP contribution is 2.25. The number of aryl methyl sites for hydroxylation is 2. The Hall–Kier alpha value is -0.860. The zero-order valence-corrected chi connectivity index (χ0v) is 13.0. The molecule has 2 rings (SSSR count). The molecule has 0 bridgehead atoms. The number of benzene rings is 1. The molecule has 1 aliphatic heterocycles. The Labute approximate surface area is 118 Å². The van der Waals surface area contributed by atoms with E-state index in [1.807, 2.05) is 0 Å². The van der Waals surface area contributed by atoms with Gasteiger partial charge in [-0.05, 0) is 38.3 Å². The van der Waals surface area contributed by atoms with Crippen molar-refractivity contribution in [3.8, 4) is 0 Å². The van der Waals surface area contributed by atoms with Crippen molar-refractivity contribution in [2.45, 2.75) is 33.7 Å². The number of likely N-dealkylation sites (N-methyl/N-ethyl adjacent to an activating group) is 1. The number of rotatable bonds is 4. The van der Waals surface area contributed by atoms with E-state index in [0.717, 1.165) is 18.4 Å². The van der Waals surface area contributed by atoms with E-state index in [1.54, 1.807) is 0 Å². The molecule has 1 saturated heterocycles. The lowest BCUT2D eigenvalue weighted by molar-refractivity contribution is 0.287. The minimum Gasteiger partial charge on any atom is -0.312 e. The number of likely N-dealkylation sites (tertiary alicyclic amines) is 1. The van der Waals surface area contributed by atoms with Crippen LogP contribution in [0.5, 0.6) is 0 Å². The summed E-state index contributed by atoms with van der Waals surface area (Å²) in [6.07, 6.45) is 0. The molecule has 2 heteroatoms. The minimum absolute atomic E-state index is 0.441. The first-order chi connectivity index (χ1) is 8.99. The zero-order valence-electron chi connectivity index (χ0n) is 13.0. The van der Waals surface area contributed by atoms with Crippen LogP contribution < -0.4 is 5.32 Å². The molecule has 1 aliphatic rings. The first-order valence-electron chi connectivity index (χ1n) is 7.47. The van der Waals surface area contributed by atoms with Crippen LogP contribution in [0.25, 0.3) is 0 Å². The van der Waals surface area contributed by atoms with E-state index < -0.39 is 0 Å². The summed E-state index contributed by atoms with van der Waals surface area (Å²) in [7, 11) is 2.07. The third-order valence-corrected chi connectivity index (χ3v) is 4.50. The van der Waals surface area contributed by atoms with Gasteiger partial charge in [-0.15, -0.1) is 0 Å². The molecule has 1 heterocycles. The van der Waals surface area contributed by atoms with E-state index in [9.17, 15) is 0 Å². The van der Waals surface area contributed by atoms with Gasteiger partial charge >= 0.3 is 0 Å². The number of hydrogen-bond acceptors (Lipinski definition) is 2. The summed E-state index contributed by atoms with van der Waals surface area (Å²) < 4.78 is 0. The first-order valence-corrected chi connectivity index (χ1v) is 7.47. The number of hydrogen-bond donors (Lipinski definition) is 1. The van der Waals surface area contributed by atoms with Crippen LogP contribution in [-0.2, 0) is 0 Å². The summed E-state index contributed by atoms with van der Waals surface area (Å²) in [5.74, 6) is 1.66. The van der Waals surface area contributed by atoms with Gasteiger partial charge in [0.15, 0.2) is 0 Å². The lowest BCUT2D eigenvalue weighted by Crippen LogP contribution is -2.32. The predicted molar refractivity (Wildman–Crippen MR) is 82.5 cm³/mol. The lowest BCUT2D eigenvalue weighted by atomic mass is 10.0. The molecule has 0 radical (unpaired) electrons. The van der Waals surface area contributed by atoms with Crippen LogP contribution in [0.3, 0.4) is 0 Å². The SMILES string of the molecule is CNC(CN1CC(C)C(C)C1)c1cc(C)cc(C)c1. The molecule has 3 unspecified atom stereocenters. The van der Waals surface area contributed by atoms with Gasteiger partial charge in [-0.3, -0.25) is 0 Å². The Kier molecular flexibility index (Phi) is 4.64. The molecule has 19 heavy (non-hydrogen) atoms. The van der Waals surface area contributed by atoms with Gasteiger partial charge < -0.3 is 10.2 Å². The van der Waals surface area contributed by atoms with E-state index in [4.69, 9.17) is 0 Å². The van der Waals surface area contributed by atoms with Crippen LogP contribution in [0.4, 0.5) is 0 Å². The van der Waals surface area contributed by atoms with Gasteiger partial charge in [-0.25, -0.2) is 0 Å². The monoisotopic (exact) mass is 260 g/mol. The average Bonchev–Trinajstić information content (AvgIpc) is 2.64. The zero-order chi connectivity index (χ0) is 14.0. The first kappa shape index (κ1) is 14.5. The van der Waals surface area contributed by atoms with Gasteiger partial charge in [0.05, 0.1) is 0 Å². The lowest BCUT2D eigenvalue weighted by Gasteiger charge is -2.24. The van der Waals surface area contributed by atoms with Crippen molar-refractivity contribution in [1.29, 1.82) is 0 Å². The predicted octanol–water partition coefficient (Wildman–Crippen LogP) is 3.15. The molecule has 0 spiro atoms. The molecule has 1 aromatic rings. The molecule has 3 atom stereocenters. The van der Waals surface area contributed by atoms with Crippen molar-refractivity contribution in [3.63, 3.8) is 0 Å². The van der Waals surface area contributed by atoms with Gasteiger partial charge in [0.2, 0.25) is 0 Å². The summed E-state index contributed by atoms with van der Waals surface area (Å²) in [4.78, 5) is 2.61. The van der Waals surface area contributed by atoms with Crippen LogP contribution in [0.15, 0.2) is 18.2 Å². The standard InChI is InChI=1S/C17H28N2/c1-12-6-13(2)8-16(7-12)17(18-5)11-19-9-14(3)15(4)10-19/h6-8,14-15,17-18H,9-11H2,1-5H3. The topological polar surface area (TPSA) is 15.3 Å². The van der Waals surface area contributed by atoms with Gasteiger partial charge in [0.1, 0.15) is 0 Å². The fourth-order valence-corrected chi connectivity index (χ4v) is 3.23. The van der Waals surface area contributed by atoms with Crippen LogP contribution in [0.2, 0.25) is 0 Å². The summed E-state index contributed by atoms with van der Waals surface area (Å²) in [5.41, 5.74) is 4.14. The molecule has 1 fully saturated rings. The quantitative estimate of drug-likeness (QED) is 0.894. The minimum atomic E-state index is 0.441. The second-order valence-corrected chi connectivity index (χ2v) is 6.44. The van der Waals surface area contributed by atoms with Crippen LogP contribution in [0, 0.1) is 25.7 Å². The summed E-state index contributed by atoms with van der Waals surface area (Å²) in [6, 6.07) is 7.32. The molecule has 1 aromatic carbocycles. The second kappa shape index (κ2) is 6.06. The van der Waals surface area contributed by atoms with Crippen LogP contribution in [0.1, 0.15) is 36.6 Å². The molecular formula is C17H28N2. The normalized spacial score (nSPS) is 25.7. The highest BCUT2D eigenvalue weighted by atomic mass is 15.2. The molecule has 2 nitrogen and oxygen atoms in total. The van der Waals surface area contributed by atoms with Crippen molar-refractivity contribution >= 4 is 0 Å². The van der Waals surface area contributed by atoms with Crippen molar-refractivity contribution < 1.29 is 0 Å². The van der Waals surface area contributed by atoms with E-state index in [2.05, 4.69) is 63.2 Å². The summed E-state index contributed by atoms with van der Waals surface area (Å²) >= 11 is 0. The third kappa shape index (κ3) is 3.58. The molecule has 0 amide bonds. The summed E-state index contributed by atoms with van der Waals surface area (Å²) in [5, 5.41) is 3.49. The molecule has 0 saturated carbocycles. The van der Waals surface area contributed by atoms with Gasteiger partial charge in [0.25, 0.3) is 0 Å². The van der Waals surface area contributed by atoms with Crippen LogP contribution in [-0.4, -0.2) is 31.6 Å². The van der Waals surface area contributed by atoms with Crippen molar-refractivity contribution in [2.75, 3.05) is 26.7 Å². The maximum Gasteiger partial charge on any atom is 0.0447 e. The van der Waals surface area contributed by atoms with Gasteiger partial charge in [-0.1, -0.05) is 43.2 Å². The van der Waals surface area contributed by atoms with Crippen molar-refractivity contribution in [3.05, 3.63) is 34.9 Å². The molecule has 106 valence electrons. The number of nitrogens with one attached hydrogen (secondary N) is 1. The summed E-state index contributed by atoms with van der Waals surface area (Å²) in [6.45, 7) is 12.7. The Morgan fingerprint density at radius 1 is 1.11 bits per heavy atom. The van der Waals surface area contributed by atoms with E-state index in [1.165, 1.54) is 29.8 Å². The van der Waals surface area contributed by atoms with Crippen molar-refractivity contribution in [1.82, 2.24) is 10.2 Å². The Morgan fingerprint density at radius 2 is 1.63 bits per heavy atom. The van der Waals surface area contributed by atoms with Crippen LogP contribution >= 0.6 is 0 Å². The Bertz CT molecular complexity index is 397. The smallest absolute Gasteiger partial charge is 0.0447 e. The highest BCUT2D eigenvalue weighted by Gasteiger charge is 2.27. The van der Waals surface area contributed by atoms with E-state index in [-0.39, 0.29) is 0 Å². The third-order valence-electron chi connectivity index (χ3n) is 4.50. The van der Waals surface area contributed by atoms with Crippen molar-refractivity contribution in [2.24, 2.45) is 11.8 Å². The Morgan fingerprint density at radius 3 is 2.11 bits per heavy atom. The molecular weight excluding hydrogens is 232 g/mol.